The summed E-state index contributed by atoms with van der Waals surface area (Å²) in [5.41, 5.74) is 2.48. The maximum absolute atomic E-state index is 6.34. The Kier molecular flexibility index (Phi) is 5.04. The number of rotatable bonds is 5. The molecule has 1 fully saturated rings. The Labute approximate surface area is 115 Å². The van der Waals surface area contributed by atoms with Gasteiger partial charge in [0.25, 0.3) is 0 Å². The van der Waals surface area contributed by atoms with Crippen LogP contribution in [0.5, 0.6) is 0 Å². The van der Waals surface area contributed by atoms with Gasteiger partial charge >= 0.3 is 0 Å². The molecule has 0 aliphatic carbocycles. The highest BCUT2D eigenvalue weighted by Crippen LogP contribution is 2.21. The lowest BCUT2D eigenvalue weighted by atomic mass is 10.1. The molecule has 2 nitrogen and oxygen atoms in total. The summed E-state index contributed by atoms with van der Waals surface area (Å²) < 4.78 is 0. The van der Waals surface area contributed by atoms with E-state index in [1.807, 2.05) is 0 Å². The van der Waals surface area contributed by atoms with Crippen molar-refractivity contribution in [1.29, 1.82) is 0 Å². The van der Waals surface area contributed by atoms with Crippen LogP contribution < -0.4 is 5.32 Å². The highest BCUT2D eigenvalue weighted by molar-refractivity contribution is 6.31. The summed E-state index contributed by atoms with van der Waals surface area (Å²) in [6.45, 7) is 8.71. The fourth-order valence-electron chi connectivity index (χ4n) is 2.63. The van der Waals surface area contributed by atoms with Crippen molar-refractivity contribution in [2.75, 3.05) is 19.6 Å². The Morgan fingerprint density at radius 2 is 2.28 bits per heavy atom. The fraction of sp³-hybridized carbons (Fsp3) is 0.600. The van der Waals surface area contributed by atoms with Gasteiger partial charge in [-0.15, -0.1) is 0 Å². The van der Waals surface area contributed by atoms with Gasteiger partial charge in [0.1, 0.15) is 0 Å². The van der Waals surface area contributed by atoms with Crippen molar-refractivity contribution in [3.63, 3.8) is 0 Å². The zero-order chi connectivity index (χ0) is 13.0. The molecule has 0 radical (unpaired) electrons. The maximum Gasteiger partial charge on any atom is 0.0453 e. The first-order chi connectivity index (χ1) is 8.70. The van der Waals surface area contributed by atoms with Crippen molar-refractivity contribution < 1.29 is 0 Å². The molecule has 18 heavy (non-hydrogen) atoms. The van der Waals surface area contributed by atoms with E-state index in [1.165, 1.54) is 24.0 Å². The number of nitrogens with one attached hydrogen (secondary N) is 1. The normalized spacial score (nSPS) is 19.7. The van der Waals surface area contributed by atoms with E-state index in [0.717, 1.165) is 31.2 Å². The molecule has 0 amide bonds. The Hall–Kier alpha value is -0.570. The molecular weight excluding hydrogens is 244 g/mol. The molecule has 0 bridgehead atoms. The van der Waals surface area contributed by atoms with Crippen LogP contribution in [-0.2, 0) is 6.54 Å². The quantitative estimate of drug-likeness (QED) is 0.880. The molecule has 1 aliphatic heterocycles. The van der Waals surface area contributed by atoms with Gasteiger partial charge in [0.05, 0.1) is 0 Å². The van der Waals surface area contributed by atoms with Crippen molar-refractivity contribution >= 4 is 11.6 Å². The highest BCUT2D eigenvalue weighted by atomic mass is 35.5. The van der Waals surface area contributed by atoms with Gasteiger partial charge in [-0.25, -0.2) is 0 Å². The molecule has 3 heteroatoms. The molecule has 1 heterocycles. The summed E-state index contributed by atoms with van der Waals surface area (Å²) >= 11 is 6.34. The minimum absolute atomic E-state index is 0.669. The zero-order valence-electron chi connectivity index (χ0n) is 11.4. The average Bonchev–Trinajstić information content (AvgIpc) is 2.85. The second kappa shape index (κ2) is 6.55. The largest absolute Gasteiger partial charge is 0.315 e. The zero-order valence-corrected chi connectivity index (χ0v) is 12.1. The van der Waals surface area contributed by atoms with Crippen molar-refractivity contribution in [3.05, 3.63) is 34.3 Å². The molecule has 1 N–H and O–H groups in total. The number of benzene rings is 1. The summed E-state index contributed by atoms with van der Waals surface area (Å²) in [6.07, 6.45) is 2.45. The Morgan fingerprint density at radius 1 is 1.44 bits per heavy atom. The van der Waals surface area contributed by atoms with E-state index in [4.69, 9.17) is 11.6 Å². The number of nitrogens with zero attached hydrogens (tertiary/aromatic N) is 1. The van der Waals surface area contributed by atoms with Crippen LogP contribution in [0.1, 0.15) is 30.9 Å². The summed E-state index contributed by atoms with van der Waals surface area (Å²) in [4.78, 5) is 2.57. The Morgan fingerprint density at radius 3 is 2.89 bits per heavy atom. The molecular formula is C15H23ClN2. The van der Waals surface area contributed by atoms with E-state index in [9.17, 15) is 0 Å². The predicted octanol–water partition coefficient (Wildman–Crippen LogP) is 3.22. The van der Waals surface area contributed by atoms with Gasteiger partial charge in [-0.1, -0.05) is 30.7 Å². The van der Waals surface area contributed by atoms with E-state index >= 15 is 0 Å². The SMILES string of the molecule is CCCN(Cc1ccc(C)cc1Cl)C1CCNC1. The summed E-state index contributed by atoms with van der Waals surface area (Å²) in [6, 6.07) is 7.05. The minimum atomic E-state index is 0.669. The van der Waals surface area contributed by atoms with E-state index in [2.05, 4.69) is 42.3 Å². The first-order valence-electron chi connectivity index (χ1n) is 6.90. The molecule has 0 spiro atoms. The second-order valence-electron chi connectivity index (χ2n) is 5.21. The monoisotopic (exact) mass is 266 g/mol. The van der Waals surface area contributed by atoms with Crippen molar-refractivity contribution in [1.82, 2.24) is 10.2 Å². The van der Waals surface area contributed by atoms with Gasteiger partial charge in [0.15, 0.2) is 0 Å². The van der Waals surface area contributed by atoms with Crippen molar-refractivity contribution in [2.45, 2.75) is 39.3 Å². The molecule has 1 saturated heterocycles. The Balaban J connectivity index is 2.07. The first kappa shape index (κ1) is 13.9. The van der Waals surface area contributed by atoms with Crippen LogP contribution in [0, 0.1) is 6.92 Å². The fourth-order valence-corrected chi connectivity index (χ4v) is 2.92. The van der Waals surface area contributed by atoms with E-state index < -0.39 is 0 Å². The van der Waals surface area contributed by atoms with Crippen molar-refractivity contribution in [3.8, 4) is 0 Å². The highest BCUT2D eigenvalue weighted by Gasteiger charge is 2.22. The van der Waals surface area contributed by atoms with Gasteiger partial charge in [0, 0.05) is 24.2 Å². The third kappa shape index (κ3) is 3.47. The number of halogens is 1. The van der Waals surface area contributed by atoms with Crippen LogP contribution in [0.25, 0.3) is 0 Å². The van der Waals surface area contributed by atoms with Gasteiger partial charge in [-0.2, -0.15) is 0 Å². The summed E-state index contributed by atoms with van der Waals surface area (Å²) in [5, 5.41) is 4.35. The average molecular weight is 267 g/mol. The number of hydrogen-bond acceptors (Lipinski definition) is 2. The van der Waals surface area contributed by atoms with Crippen LogP contribution in [0.4, 0.5) is 0 Å². The topological polar surface area (TPSA) is 15.3 Å². The lowest BCUT2D eigenvalue weighted by Gasteiger charge is -2.28. The van der Waals surface area contributed by atoms with Crippen molar-refractivity contribution in [2.24, 2.45) is 0 Å². The molecule has 1 unspecified atom stereocenters. The molecule has 2 rings (SSSR count). The lowest BCUT2D eigenvalue weighted by Crippen LogP contribution is -2.37. The van der Waals surface area contributed by atoms with Gasteiger partial charge in [-0.05, 0) is 50.0 Å². The van der Waals surface area contributed by atoms with Gasteiger partial charge in [0.2, 0.25) is 0 Å². The summed E-state index contributed by atoms with van der Waals surface area (Å²) in [7, 11) is 0. The van der Waals surface area contributed by atoms with E-state index in [0.29, 0.717) is 6.04 Å². The molecule has 1 aliphatic rings. The first-order valence-corrected chi connectivity index (χ1v) is 7.28. The smallest absolute Gasteiger partial charge is 0.0453 e. The Bertz CT molecular complexity index is 386. The second-order valence-corrected chi connectivity index (χ2v) is 5.62. The van der Waals surface area contributed by atoms with Crippen LogP contribution in [0.15, 0.2) is 18.2 Å². The molecule has 0 saturated carbocycles. The van der Waals surface area contributed by atoms with E-state index in [1.54, 1.807) is 0 Å². The van der Waals surface area contributed by atoms with Crippen LogP contribution in [0.3, 0.4) is 0 Å². The van der Waals surface area contributed by atoms with Gasteiger partial charge < -0.3 is 5.32 Å². The van der Waals surface area contributed by atoms with Gasteiger partial charge in [-0.3, -0.25) is 4.90 Å². The third-order valence-electron chi connectivity index (χ3n) is 3.64. The lowest BCUT2D eigenvalue weighted by molar-refractivity contribution is 0.199. The van der Waals surface area contributed by atoms with Crippen LogP contribution in [-0.4, -0.2) is 30.6 Å². The number of aryl methyl sites for hydroxylation is 1. The van der Waals surface area contributed by atoms with E-state index in [-0.39, 0.29) is 0 Å². The molecule has 0 aromatic heterocycles. The number of hydrogen-bond donors (Lipinski definition) is 1. The maximum atomic E-state index is 6.34. The molecule has 1 aromatic rings. The van der Waals surface area contributed by atoms with Crippen LogP contribution in [0.2, 0.25) is 5.02 Å². The molecule has 100 valence electrons. The summed E-state index contributed by atoms with van der Waals surface area (Å²) in [5.74, 6) is 0. The van der Waals surface area contributed by atoms with Crippen LogP contribution >= 0.6 is 11.6 Å². The predicted molar refractivity (Wildman–Crippen MR) is 78.2 cm³/mol. The minimum Gasteiger partial charge on any atom is -0.315 e. The molecule has 1 atom stereocenters. The third-order valence-corrected chi connectivity index (χ3v) is 4.00. The standard InChI is InChI=1S/C15H23ClN2/c1-3-8-18(14-6-7-17-10-14)11-13-5-4-12(2)9-15(13)16/h4-5,9,14,17H,3,6-8,10-11H2,1-2H3. The molecule has 1 aromatic carbocycles.